The SMILES string of the molecule is O=C1c2ccccc2OC=CN1CCCCN1CCC(c2ccccn2)CC1. The van der Waals surface area contributed by atoms with Crippen molar-refractivity contribution in [3.63, 3.8) is 0 Å². The Morgan fingerprint density at radius 3 is 2.61 bits per heavy atom. The number of carbonyl (C=O) groups is 1. The number of unbranched alkanes of at least 4 members (excludes halogenated alkanes) is 1. The van der Waals surface area contributed by atoms with E-state index < -0.39 is 0 Å². The Kier molecular flexibility index (Phi) is 6.02. The summed E-state index contributed by atoms with van der Waals surface area (Å²) in [5.74, 6) is 1.24. The van der Waals surface area contributed by atoms with E-state index in [1.165, 1.54) is 18.5 Å². The number of para-hydroxylation sites is 1. The fourth-order valence-electron chi connectivity index (χ4n) is 4.01. The van der Waals surface area contributed by atoms with Crippen LogP contribution in [0.5, 0.6) is 5.75 Å². The Bertz CT molecular complexity index is 814. The summed E-state index contributed by atoms with van der Waals surface area (Å²) in [5, 5.41) is 0. The third kappa shape index (κ3) is 4.42. The van der Waals surface area contributed by atoms with Gasteiger partial charge >= 0.3 is 0 Å². The number of amides is 1. The summed E-state index contributed by atoms with van der Waals surface area (Å²) in [4.78, 5) is 21.5. The van der Waals surface area contributed by atoms with Gasteiger partial charge in [-0.1, -0.05) is 18.2 Å². The number of piperidine rings is 1. The van der Waals surface area contributed by atoms with E-state index in [0.29, 0.717) is 17.2 Å². The van der Waals surface area contributed by atoms with Crippen molar-refractivity contribution in [2.24, 2.45) is 0 Å². The summed E-state index contributed by atoms with van der Waals surface area (Å²) in [6.07, 6.45) is 9.68. The molecule has 146 valence electrons. The molecule has 0 bridgehead atoms. The number of rotatable bonds is 6. The fourth-order valence-corrected chi connectivity index (χ4v) is 4.01. The van der Waals surface area contributed by atoms with E-state index >= 15 is 0 Å². The lowest BCUT2D eigenvalue weighted by molar-refractivity contribution is 0.0820. The van der Waals surface area contributed by atoms with E-state index in [2.05, 4.69) is 22.0 Å². The van der Waals surface area contributed by atoms with Crippen LogP contribution in [0.25, 0.3) is 0 Å². The van der Waals surface area contributed by atoms with Crippen molar-refractivity contribution in [3.8, 4) is 5.75 Å². The first-order valence-corrected chi connectivity index (χ1v) is 10.2. The minimum atomic E-state index is 0.0144. The number of aromatic nitrogens is 1. The van der Waals surface area contributed by atoms with E-state index in [1.807, 2.05) is 36.5 Å². The molecule has 2 aliphatic rings. The van der Waals surface area contributed by atoms with E-state index in [-0.39, 0.29) is 5.91 Å². The lowest BCUT2D eigenvalue weighted by atomic mass is 9.93. The van der Waals surface area contributed by atoms with Gasteiger partial charge in [-0.2, -0.15) is 0 Å². The van der Waals surface area contributed by atoms with Gasteiger partial charge < -0.3 is 14.5 Å². The molecule has 1 aromatic carbocycles. The molecule has 0 unspecified atom stereocenters. The maximum Gasteiger partial charge on any atom is 0.261 e. The predicted molar refractivity (Wildman–Crippen MR) is 109 cm³/mol. The van der Waals surface area contributed by atoms with E-state index in [4.69, 9.17) is 4.74 Å². The first-order valence-electron chi connectivity index (χ1n) is 10.2. The molecule has 3 heterocycles. The summed E-state index contributed by atoms with van der Waals surface area (Å²) < 4.78 is 5.54. The largest absolute Gasteiger partial charge is 0.463 e. The van der Waals surface area contributed by atoms with Gasteiger partial charge in [-0.25, -0.2) is 0 Å². The monoisotopic (exact) mass is 377 g/mol. The van der Waals surface area contributed by atoms with Crippen LogP contribution < -0.4 is 4.74 Å². The van der Waals surface area contributed by atoms with Crippen molar-refractivity contribution in [1.29, 1.82) is 0 Å². The first-order chi connectivity index (χ1) is 13.8. The minimum absolute atomic E-state index is 0.0144. The fraction of sp³-hybridized carbons (Fsp3) is 0.391. The van der Waals surface area contributed by atoms with Crippen molar-refractivity contribution in [2.45, 2.75) is 31.6 Å². The molecule has 1 saturated heterocycles. The van der Waals surface area contributed by atoms with Gasteiger partial charge in [0.15, 0.2) is 0 Å². The summed E-state index contributed by atoms with van der Waals surface area (Å²) in [5.41, 5.74) is 1.86. The second kappa shape index (κ2) is 9.02. The molecule has 1 aromatic heterocycles. The number of hydrogen-bond donors (Lipinski definition) is 0. The molecule has 0 spiro atoms. The van der Waals surface area contributed by atoms with Crippen molar-refractivity contribution < 1.29 is 9.53 Å². The molecule has 1 amide bonds. The summed E-state index contributed by atoms with van der Waals surface area (Å²) in [6, 6.07) is 13.6. The summed E-state index contributed by atoms with van der Waals surface area (Å²) >= 11 is 0. The zero-order valence-corrected chi connectivity index (χ0v) is 16.2. The molecule has 5 heteroatoms. The molecular weight excluding hydrogens is 350 g/mol. The Labute approximate surface area is 166 Å². The Balaban J connectivity index is 1.20. The number of nitrogens with zero attached hydrogens (tertiary/aromatic N) is 3. The maximum absolute atomic E-state index is 12.7. The van der Waals surface area contributed by atoms with Gasteiger partial charge in [0.05, 0.1) is 5.56 Å². The predicted octanol–water partition coefficient (Wildman–Crippen LogP) is 4.05. The third-order valence-electron chi connectivity index (χ3n) is 5.63. The number of fused-ring (bicyclic) bond motifs is 1. The van der Waals surface area contributed by atoms with Crippen LogP contribution in [0.3, 0.4) is 0 Å². The molecule has 2 aliphatic heterocycles. The van der Waals surface area contributed by atoms with Crippen LogP contribution in [-0.2, 0) is 0 Å². The second-order valence-corrected chi connectivity index (χ2v) is 7.48. The minimum Gasteiger partial charge on any atom is -0.463 e. The first kappa shape index (κ1) is 18.7. The van der Waals surface area contributed by atoms with Crippen molar-refractivity contribution in [3.05, 3.63) is 72.4 Å². The molecule has 4 rings (SSSR count). The lowest BCUT2D eigenvalue weighted by Gasteiger charge is -2.31. The molecular formula is C23H27N3O2. The zero-order chi connectivity index (χ0) is 19.2. The Hall–Kier alpha value is -2.66. The maximum atomic E-state index is 12.7. The lowest BCUT2D eigenvalue weighted by Crippen LogP contribution is -2.34. The quantitative estimate of drug-likeness (QED) is 0.713. The van der Waals surface area contributed by atoms with Gasteiger partial charge in [-0.05, 0) is 69.6 Å². The van der Waals surface area contributed by atoms with Gasteiger partial charge in [-0.15, -0.1) is 0 Å². The van der Waals surface area contributed by atoms with Gasteiger partial charge in [0, 0.05) is 30.6 Å². The molecule has 1 fully saturated rings. The van der Waals surface area contributed by atoms with Gasteiger partial charge in [-0.3, -0.25) is 9.78 Å². The zero-order valence-electron chi connectivity index (χ0n) is 16.2. The standard InChI is InChI=1S/C23H27N3O2/c27-23-20-7-1-2-9-22(20)28-18-17-26(23)14-6-5-13-25-15-10-19(11-16-25)21-8-3-4-12-24-21/h1-4,7-9,12,17-19H,5-6,10-11,13-16H2. The van der Waals surface area contributed by atoms with Crippen LogP contribution >= 0.6 is 0 Å². The number of hydrogen-bond acceptors (Lipinski definition) is 4. The number of carbonyl (C=O) groups excluding carboxylic acids is 1. The van der Waals surface area contributed by atoms with Crippen LogP contribution in [-0.4, -0.2) is 46.9 Å². The average Bonchev–Trinajstić information content (AvgIpc) is 2.91. The molecule has 0 atom stereocenters. The Morgan fingerprint density at radius 2 is 1.79 bits per heavy atom. The smallest absolute Gasteiger partial charge is 0.261 e. The number of pyridine rings is 1. The van der Waals surface area contributed by atoms with Crippen LogP contribution in [0.15, 0.2) is 61.1 Å². The van der Waals surface area contributed by atoms with Gasteiger partial charge in [0.1, 0.15) is 12.0 Å². The Morgan fingerprint density at radius 1 is 1.00 bits per heavy atom. The topological polar surface area (TPSA) is 45.7 Å². The van der Waals surface area contributed by atoms with E-state index in [1.54, 1.807) is 17.4 Å². The number of likely N-dealkylation sites (tertiary alicyclic amines) is 1. The number of ether oxygens (including phenoxy) is 1. The normalized spacial score (nSPS) is 17.9. The molecule has 0 radical (unpaired) electrons. The van der Waals surface area contributed by atoms with Crippen LogP contribution in [0.1, 0.15) is 47.7 Å². The second-order valence-electron chi connectivity index (χ2n) is 7.48. The van der Waals surface area contributed by atoms with E-state index in [9.17, 15) is 4.79 Å². The third-order valence-corrected chi connectivity index (χ3v) is 5.63. The molecule has 2 aromatic rings. The molecule has 0 N–H and O–H groups in total. The molecule has 0 saturated carbocycles. The van der Waals surface area contributed by atoms with Crippen molar-refractivity contribution >= 4 is 5.91 Å². The molecule has 28 heavy (non-hydrogen) atoms. The average molecular weight is 377 g/mol. The van der Waals surface area contributed by atoms with E-state index in [0.717, 1.165) is 39.0 Å². The van der Waals surface area contributed by atoms with Crippen LogP contribution in [0, 0.1) is 0 Å². The summed E-state index contributed by atoms with van der Waals surface area (Å²) in [7, 11) is 0. The highest BCUT2D eigenvalue weighted by molar-refractivity contribution is 5.97. The van der Waals surface area contributed by atoms with Crippen LogP contribution in [0.2, 0.25) is 0 Å². The number of benzene rings is 1. The summed E-state index contributed by atoms with van der Waals surface area (Å²) in [6.45, 7) is 4.07. The molecule has 5 nitrogen and oxygen atoms in total. The van der Waals surface area contributed by atoms with Crippen LogP contribution in [0.4, 0.5) is 0 Å². The highest BCUT2D eigenvalue weighted by Crippen LogP contribution is 2.26. The van der Waals surface area contributed by atoms with Crippen molar-refractivity contribution in [1.82, 2.24) is 14.8 Å². The molecule has 0 aliphatic carbocycles. The van der Waals surface area contributed by atoms with Crippen molar-refractivity contribution in [2.75, 3.05) is 26.2 Å². The highest BCUT2D eigenvalue weighted by Gasteiger charge is 2.22. The van der Waals surface area contributed by atoms with Gasteiger partial charge in [0.2, 0.25) is 0 Å². The highest BCUT2D eigenvalue weighted by atomic mass is 16.5. The van der Waals surface area contributed by atoms with Gasteiger partial charge in [0.25, 0.3) is 5.91 Å².